The van der Waals surface area contributed by atoms with Crippen LogP contribution in [0.1, 0.15) is 11.3 Å². The fourth-order valence-electron chi connectivity index (χ4n) is 3.70. The molecule has 29 heavy (non-hydrogen) atoms. The average molecular weight is 402 g/mol. The summed E-state index contributed by atoms with van der Waals surface area (Å²) < 4.78 is 55.6. The van der Waals surface area contributed by atoms with Crippen LogP contribution >= 0.6 is 0 Å². The molecule has 0 aliphatic heterocycles. The summed E-state index contributed by atoms with van der Waals surface area (Å²) in [7, 11) is 0. The van der Waals surface area contributed by atoms with Crippen molar-refractivity contribution in [2.75, 3.05) is 0 Å². The lowest BCUT2D eigenvalue weighted by atomic mass is 9.97. The van der Waals surface area contributed by atoms with Crippen LogP contribution in [0.3, 0.4) is 0 Å². The summed E-state index contributed by atoms with van der Waals surface area (Å²) in [6.45, 7) is 1.22. The number of aliphatic carboxylic acids is 1. The van der Waals surface area contributed by atoms with Gasteiger partial charge in [-0.1, -0.05) is 12.1 Å². The average Bonchev–Trinajstić information content (AvgIpc) is 2.92. The van der Waals surface area contributed by atoms with Crippen molar-refractivity contribution in [1.29, 1.82) is 0 Å². The van der Waals surface area contributed by atoms with E-state index in [-0.39, 0.29) is 10.9 Å². The van der Waals surface area contributed by atoms with Crippen LogP contribution in [0.5, 0.6) is 0 Å². The van der Waals surface area contributed by atoms with Gasteiger partial charge in [0.05, 0.1) is 5.56 Å². The second-order valence-electron chi connectivity index (χ2n) is 6.66. The summed E-state index contributed by atoms with van der Waals surface area (Å²) in [5.41, 5.74) is 0.984. The highest BCUT2D eigenvalue weighted by atomic mass is 19.4. The Morgan fingerprint density at radius 2 is 1.90 bits per heavy atom. The van der Waals surface area contributed by atoms with Gasteiger partial charge in [0.1, 0.15) is 17.9 Å². The first kappa shape index (κ1) is 18.9. The molecule has 148 valence electrons. The number of carboxylic acid groups (broad SMARTS) is 1. The van der Waals surface area contributed by atoms with Crippen LogP contribution in [0, 0.1) is 12.7 Å². The Bertz CT molecular complexity index is 1280. The number of aromatic nitrogens is 2. The number of para-hydroxylation sites is 1. The lowest BCUT2D eigenvalue weighted by Gasteiger charge is -2.09. The molecule has 2 aromatic heterocycles. The van der Waals surface area contributed by atoms with E-state index in [9.17, 15) is 27.5 Å². The number of carboxylic acids is 1. The zero-order valence-electron chi connectivity index (χ0n) is 15.1. The van der Waals surface area contributed by atoms with Gasteiger partial charge >= 0.3 is 12.1 Å². The molecule has 1 N–H and O–H groups in total. The number of fused-ring (bicyclic) bond motifs is 2. The smallest absolute Gasteiger partial charge is 0.416 e. The molecule has 0 spiro atoms. The zero-order valence-corrected chi connectivity index (χ0v) is 15.1. The zero-order chi connectivity index (χ0) is 20.9. The van der Waals surface area contributed by atoms with Gasteiger partial charge in [0.2, 0.25) is 0 Å². The lowest BCUT2D eigenvalue weighted by molar-refractivity contribution is -0.138. The van der Waals surface area contributed by atoms with Crippen molar-refractivity contribution in [2.24, 2.45) is 0 Å². The van der Waals surface area contributed by atoms with E-state index >= 15 is 0 Å². The molecule has 0 bridgehead atoms. The monoisotopic (exact) mass is 402 g/mol. The molecule has 8 heteroatoms. The first-order valence-electron chi connectivity index (χ1n) is 8.64. The number of hydrogen-bond donors (Lipinski definition) is 1. The molecule has 0 aliphatic rings. The minimum atomic E-state index is -4.55. The SMILES string of the molecule is Cc1c(-c2ccnc3c(F)cccc23)c2cc(C(F)(F)F)ccc2n1CC(=O)O. The van der Waals surface area contributed by atoms with Gasteiger partial charge in [0.15, 0.2) is 0 Å². The third kappa shape index (κ3) is 3.10. The Morgan fingerprint density at radius 1 is 1.14 bits per heavy atom. The summed E-state index contributed by atoms with van der Waals surface area (Å²) in [4.78, 5) is 15.4. The van der Waals surface area contributed by atoms with Crippen LogP contribution in [0.2, 0.25) is 0 Å². The largest absolute Gasteiger partial charge is 0.480 e. The van der Waals surface area contributed by atoms with Gasteiger partial charge in [-0.3, -0.25) is 9.78 Å². The number of benzene rings is 2. The normalized spacial score (nSPS) is 12.0. The Labute approximate surface area is 162 Å². The second kappa shape index (κ2) is 6.58. The number of carbonyl (C=O) groups is 1. The summed E-state index contributed by atoms with van der Waals surface area (Å²) >= 11 is 0. The van der Waals surface area contributed by atoms with Crippen molar-refractivity contribution >= 4 is 27.8 Å². The fourth-order valence-corrected chi connectivity index (χ4v) is 3.70. The Kier molecular flexibility index (Phi) is 4.29. The van der Waals surface area contributed by atoms with Crippen LogP contribution in [-0.4, -0.2) is 20.6 Å². The topological polar surface area (TPSA) is 55.1 Å². The molecule has 0 radical (unpaired) electrons. The predicted molar refractivity (Wildman–Crippen MR) is 100 cm³/mol. The first-order chi connectivity index (χ1) is 13.7. The summed E-state index contributed by atoms with van der Waals surface area (Å²) in [5, 5.41) is 9.94. The summed E-state index contributed by atoms with van der Waals surface area (Å²) in [6, 6.07) is 9.16. The van der Waals surface area contributed by atoms with E-state index in [0.29, 0.717) is 27.7 Å². The van der Waals surface area contributed by atoms with E-state index in [2.05, 4.69) is 4.98 Å². The van der Waals surface area contributed by atoms with Crippen molar-refractivity contribution in [3.8, 4) is 11.1 Å². The molecular formula is C21H14F4N2O2. The van der Waals surface area contributed by atoms with Gasteiger partial charge in [-0.25, -0.2) is 4.39 Å². The molecule has 4 rings (SSSR count). The van der Waals surface area contributed by atoms with Gasteiger partial charge < -0.3 is 9.67 Å². The highest BCUT2D eigenvalue weighted by Crippen LogP contribution is 2.40. The second-order valence-corrected chi connectivity index (χ2v) is 6.66. The maximum atomic E-state index is 14.2. The van der Waals surface area contributed by atoms with Crippen molar-refractivity contribution in [2.45, 2.75) is 19.6 Å². The van der Waals surface area contributed by atoms with Crippen molar-refractivity contribution in [3.63, 3.8) is 0 Å². The number of pyridine rings is 1. The van der Waals surface area contributed by atoms with E-state index in [1.54, 1.807) is 19.1 Å². The standard InChI is InChI=1S/C21H14F4N2O2/c1-11-19(13-7-8-26-20-14(13)3-2-4-16(20)22)15-9-12(21(23,24)25)5-6-17(15)27(11)10-18(28)29/h2-9H,10H2,1H3,(H,28,29). The van der Waals surface area contributed by atoms with Gasteiger partial charge in [-0.2, -0.15) is 13.2 Å². The van der Waals surface area contributed by atoms with E-state index in [1.807, 2.05) is 0 Å². The molecule has 0 amide bonds. The van der Waals surface area contributed by atoms with Crippen molar-refractivity contribution in [1.82, 2.24) is 9.55 Å². The third-order valence-electron chi connectivity index (χ3n) is 4.94. The molecule has 0 fully saturated rings. The van der Waals surface area contributed by atoms with E-state index < -0.39 is 30.1 Å². The quantitative estimate of drug-likeness (QED) is 0.467. The van der Waals surface area contributed by atoms with Gasteiger partial charge in [0.25, 0.3) is 0 Å². The van der Waals surface area contributed by atoms with E-state index in [1.165, 1.54) is 29.0 Å². The fraction of sp³-hybridized carbons (Fsp3) is 0.143. The maximum Gasteiger partial charge on any atom is 0.416 e. The van der Waals surface area contributed by atoms with Crippen LogP contribution < -0.4 is 0 Å². The van der Waals surface area contributed by atoms with Crippen LogP contribution in [-0.2, 0) is 17.5 Å². The molecule has 4 aromatic rings. The number of rotatable bonds is 3. The Hall–Kier alpha value is -3.42. The Balaban J connectivity index is 2.12. The molecule has 0 saturated carbocycles. The van der Waals surface area contributed by atoms with Crippen LogP contribution in [0.4, 0.5) is 17.6 Å². The van der Waals surface area contributed by atoms with Crippen molar-refractivity contribution in [3.05, 3.63) is 65.7 Å². The highest BCUT2D eigenvalue weighted by Gasteiger charge is 2.31. The van der Waals surface area contributed by atoms with Crippen LogP contribution in [0.15, 0.2) is 48.7 Å². The molecular weight excluding hydrogens is 388 g/mol. The van der Waals surface area contributed by atoms with Gasteiger partial charge in [-0.15, -0.1) is 0 Å². The molecule has 0 unspecified atom stereocenters. The number of nitrogens with zero attached hydrogens (tertiary/aromatic N) is 2. The van der Waals surface area contributed by atoms with E-state index in [4.69, 9.17) is 0 Å². The molecule has 0 aliphatic carbocycles. The van der Waals surface area contributed by atoms with Crippen LogP contribution in [0.25, 0.3) is 32.9 Å². The molecule has 4 nitrogen and oxygen atoms in total. The highest BCUT2D eigenvalue weighted by molar-refractivity contribution is 6.06. The minimum absolute atomic E-state index is 0.0931. The first-order valence-corrected chi connectivity index (χ1v) is 8.64. The molecule has 0 atom stereocenters. The predicted octanol–water partition coefficient (Wildman–Crippen LogP) is 5.41. The number of alkyl halides is 3. The Morgan fingerprint density at radius 3 is 2.59 bits per heavy atom. The minimum Gasteiger partial charge on any atom is -0.480 e. The van der Waals surface area contributed by atoms with Gasteiger partial charge in [0, 0.05) is 33.7 Å². The third-order valence-corrected chi connectivity index (χ3v) is 4.94. The number of hydrogen-bond acceptors (Lipinski definition) is 2. The molecule has 2 aromatic carbocycles. The molecule has 2 heterocycles. The van der Waals surface area contributed by atoms with E-state index in [0.717, 1.165) is 12.1 Å². The summed E-state index contributed by atoms with van der Waals surface area (Å²) in [6.07, 6.45) is -3.17. The number of halogens is 4. The maximum absolute atomic E-state index is 14.2. The lowest BCUT2D eigenvalue weighted by Crippen LogP contribution is -2.10. The van der Waals surface area contributed by atoms with Gasteiger partial charge in [-0.05, 0) is 42.8 Å². The molecule has 0 saturated heterocycles. The summed E-state index contributed by atoms with van der Waals surface area (Å²) in [5.74, 6) is -1.67. The van der Waals surface area contributed by atoms with Crippen molar-refractivity contribution < 1.29 is 27.5 Å².